The van der Waals surface area contributed by atoms with E-state index in [0.717, 1.165) is 41.7 Å². The largest absolute Gasteiger partial charge is 0.335 e. The highest BCUT2D eigenvalue weighted by atomic mass is 15.1. The van der Waals surface area contributed by atoms with Crippen molar-refractivity contribution in [1.29, 1.82) is 0 Å². The number of nitrogens with zero attached hydrogens (tertiary/aromatic N) is 3. The van der Waals surface area contributed by atoms with E-state index in [1.165, 1.54) is 0 Å². The standard InChI is InChI=1S/C17H20N4/c1-2-9-21-10-8-20-17(21)12-15(18)13-5-6-16-14(11-13)4-3-7-19-16/h3-8,10-11,15H,2,9,12,18H2,1H3. The van der Waals surface area contributed by atoms with Crippen LogP contribution in [0, 0.1) is 0 Å². The molecular formula is C17H20N4. The SMILES string of the molecule is CCCn1ccnc1CC(N)c1ccc2ncccc2c1. The molecule has 108 valence electrons. The molecule has 1 unspecified atom stereocenters. The second kappa shape index (κ2) is 6.06. The summed E-state index contributed by atoms with van der Waals surface area (Å²) >= 11 is 0. The molecular weight excluding hydrogens is 260 g/mol. The molecule has 0 aliphatic heterocycles. The van der Waals surface area contributed by atoms with Gasteiger partial charge in [-0.2, -0.15) is 0 Å². The molecule has 21 heavy (non-hydrogen) atoms. The Morgan fingerprint density at radius 1 is 1.19 bits per heavy atom. The third-order valence-corrected chi connectivity index (χ3v) is 3.72. The molecule has 0 radical (unpaired) electrons. The van der Waals surface area contributed by atoms with Crippen molar-refractivity contribution in [2.75, 3.05) is 0 Å². The van der Waals surface area contributed by atoms with E-state index < -0.39 is 0 Å². The van der Waals surface area contributed by atoms with Gasteiger partial charge in [0.1, 0.15) is 5.82 Å². The van der Waals surface area contributed by atoms with Crippen molar-refractivity contribution in [1.82, 2.24) is 14.5 Å². The Balaban J connectivity index is 1.83. The summed E-state index contributed by atoms with van der Waals surface area (Å²) in [6, 6.07) is 10.2. The zero-order valence-corrected chi connectivity index (χ0v) is 12.2. The Morgan fingerprint density at radius 3 is 2.95 bits per heavy atom. The summed E-state index contributed by atoms with van der Waals surface area (Å²) in [5, 5.41) is 1.13. The molecule has 2 heterocycles. The molecule has 0 bridgehead atoms. The molecule has 2 aromatic heterocycles. The van der Waals surface area contributed by atoms with Gasteiger partial charge < -0.3 is 10.3 Å². The summed E-state index contributed by atoms with van der Waals surface area (Å²) < 4.78 is 2.18. The van der Waals surface area contributed by atoms with Gasteiger partial charge in [-0.1, -0.05) is 19.1 Å². The second-order valence-electron chi connectivity index (χ2n) is 5.30. The molecule has 0 saturated carbocycles. The zero-order chi connectivity index (χ0) is 14.7. The number of nitrogens with two attached hydrogens (primary N) is 1. The molecule has 3 aromatic rings. The van der Waals surface area contributed by atoms with Gasteiger partial charge in [-0.25, -0.2) is 4.98 Å². The van der Waals surface area contributed by atoms with Crippen molar-refractivity contribution in [2.24, 2.45) is 5.73 Å². The summed E-state index contributed by atoms with van der Waals surface area (Å²) in [6.45, 7) is 3.16. The van der Waals surface area contributed by atoms with Crippen LogP contribution in [0.15, 0.2) is 48.9 Å². The lowest BCUT2D eigenvalue weighted by Crippen LogP contribution is -2.16. The van der Waals surface area contributed by atoms with E-state index in [9.17, 15) is 0 Å². The fourth-order valence-electron chi connectivity index (χ4n) is 2.61. The summed E-state index contributed by atoms with van der Waals surface area (Å²) in [7, 11) is 0. The summed E-state index contributed by atoms with van der Waals surface area (Å²) in [4.78, 5) is 8.77. The van der Waals surface area contributed by atoms with Crippen molar-refractivity contribution in [3.8, 4) is 0 Å². The van der Waals surface area contributed by atoms with E-state index >= 15 is 0 Å². The van der Waals surface area contributed by atoms with E-state index in [1.54, 1.807) is 0 Å². The predicted molar refractivity (Wildman–Crippen MR) is 84.9 cm³/mol. The van der Waals surface area contributed by atoms with Gasteiger partial charge in [-0.05, 0) is 30.2 Å². The highest BCUT2D eigenvalue weighted by Gasteiger charge is 2.11. The molecule has 0 aliphatic rings. The summed E-state index contributed by atoms with van der Waals surface area (Å²) in [5.41, 5.74) is 8.50. The molecule has 0 spiro atoms. The monoisotopic (exact) mass is 280 g/mol. The number of fused-ring (bicyclic) bond motifs is 1. The first-order chi connectivity index (χ1) is 10.3. The minimum atomic E-state index is -0.0485. The maximum atomic E-state index is 6.37. The Kier molecular flexibility index (Phi) is 3.97. The van der Waals surface area contributed by atoms with E-state index in [2.05, 4.69) is 39.7 Å². The van der Waals surface area contributed by atoms with Gasteiger partial charge in [0.05, 0.1) is 5.52 Å². The number of aromatic nitrogens is 3. The number of hydrogen-bond acceptors (Lipinski definition) is 3. The average Bonchev–Trinajstić information content (AvgIpc) is 2.94. The molecule has 4 heteroatoms. The fraction of sp³-hybridized carbons (Fsp3) is 0.294. The number of aryl methyl sites for hydroxylation is 1. The minimum Gasteiger partial charge on any atom is -0.335 e. The van der Waals surface area contributed by atoms with Crippen LogP contribution in [0.3, 0.4) is 0 Å². The number of pyridine rings is 1. The van der Waals surface area contributed by atoms with Gasteiger partial charge >= 0.3 is 0 Å². The van der Waals surface area contributed by atoms with E-state index in [1.807, 2.05) is 30.7 Å². The van der Waals surface area contributed by atoms with E-state index in [0.29, 0.717) is 0 Å². The third-order valence-electron chi connectivity index (χ3n) is 3.72. The quantitative estimate of drug-likeness (QED) is 0.781. The van der Waals surface area contributed by atoms with Crippen molar-refractivity contribution < 1.29 is 0 Å². The third kappa shape index (κ3) is 2.95. The molecule has 3 rings (SSSR count). The van der Waals surface area contributed by atoms with Gasteiger partial charge in [-0.3, -0.25) is 4.98 Å². The fourth-order valence-corrected chi connectivity index (χ4v) is 2.61. The predicted octanol–water partition coefficient (Wildman–Crippen LogP) is 3.08. The molecule has 4 nitrogen and oxygen atoms in total. The second-order valence-corrected chi connectivity index (χ2v) is 5.30. The van der Waals surface area contributed by atoms with Crippen molar-refractivity contribution >= 4 is 10.9 Å². The van der Waals surface area contributed by atoms with Gasteiger partial charge in [0, 0.05) is 43.0 Å². The van der Waals surface area contributed by atoms with Crippen LogP contribution in [-0.2, 0) is 13.0 Å². The van der Waals surface area contributed by atoms with Crippen LogP contribution in [0.4, 0.5) is 0 Å². The first kappa shape index (κ1) is 13.8. The molecule has 1 aromatic carbocycles. The molecule has 2 N–H and O–H groups in total. The smallest absolute Gasteiger partial charge is 0.110 e. The number of imidazole rings is 1. The molecule has 0 saturated heterocycles. The topological polar surface area (TPSA) is 56.7 Å². The number of hydrogen-bond donors (Lipinski definition) is 1. The van der Waals surface area contributed by atoms with Crippen LogP contribution in [-0.4, -0.2) is 14.5 Å². The van der Waals surface area contributed by atoms with Crippen molar-refractivity contribution in [3.63, 3.8) is 0 Å². The van der Waals surface area contributed by atoms with E-state index in [4.69, 9.17) is 5.73 Å². The van der Waals surface area contributed by atoms with Crippen LogP contribution in [0.2, 0.25) is 0 Å². The summed E-state index contributed by atoms with van der Waals surface area (Å²) in [6.07, 6.45) is 7.53. The zero-order valence-electron chi connectivity index (χ0n) is 12.2. The average molecular weight is 280 g/mol. The lowest BCUT2D eigenvalue weighted by molar-refractivity contribution is 0.599. The first-order valence-corrected chi connectivity index (χ1v) is 7.38. The minimum absolute atomic E-state index is 0.0485. The van der Waals surface area contributed by atoms with Crippen LogP contribution in [0.1, 0.15) is 30.8 Å². The maximum absolute atomic E-state index is 6.37. The van der Waals surface area contributed by atoms with Gasteiger partial charge in [0.2, 0.25) is 0 Å². The molecule has 0 amide bonds. The number of rotatable bonds is 5. The first-order valence-electron chi connectivity index (χ1n) is 7.38. The Bertz CT molecular complexity index is 732. The van der Waals surface area contributed by atoms with Crippen LogP contribution >= 0.6 is 0 Å². The van der Waals surface area contributed by atoms with Crippen LogP contribution in [0.25, 0.3) is 10.9 Å². The molecule has 1 atom stereocenters. The van der Waals surface area contributed by atoms with Gasteiger partial charge in [0.15, 0.2) is 0 Å². The van der Waals surface area contributed by atoms with Gasteiger partial charge in [-0.15, -0.1) is 0 Å². The molecule has 0 aliphatic carbocycles. The van der Waals surface area contributed by atoms with Crippen molar-refractivity contribution in [3.05, 3.63) is 60.3 Å². The summed E-state index contributed by atoms with van der Waals surface area (Å²) in [5.74, 6) is 1.05. The number of benzene rings is 1. The van der Waals surface area contributed by atoms with E-state index in [-0.39, 0.29) is 6.04 Å². The van der Waals surface area contributed by atoms with Crippen LogP contribution < -0.4 is 5.73 Å². The maximum Gasteiger partial charge on any atom is 0.110 e. The van der Waals surface area contributed by atoms with Crippen molar-refractivity contribution in [2.45, 2.75) is 32.4 Å². The van der Waals surface area contributed by atoms with Crippen LogP contribution in [0.5, 0.6) is 0 Å². The van der Waals surface area contributed by atoms with Gasteiger partial charge in [0.25, 0.3) is 0 Å². The highest BCUT2D eigenvalue weighted by molar-refractivity contribution is 5.79. The highest BCUT2D eigenvalue weighted by Crippen LogP contribution is 2.20. The lowest BCUT2D eigenvalue weighted by Gasteiger charge is -2.14. The Morgan fingerprint density at radius 2 is 2.10 bits per heavy atom. The molecule has 0 fully saturated rings. The Labute approximate surface area is 124 Å². The normalized spacial score (nSPS) is 12.7. The lowest BCUT2D eigenvalue weighted by atomic mass is 10.0. The Hall–Kier alpha value is -2.20.